The van der Waals surface area contributed by atoms with Crippen molar-refractivity contribution in [1.82, 2.24) is 0 Å². The molecule has 0 bridgehead atoms. The van der Waals surface area contributed by atoms with E-state index in [1.54, 1.807) is 6.92 Å². The zero-order chi connectivity index (χ0) is 15.6. The van der Waals surface area contributed by atoms with E-state index < -0.39 is 11.7 Å². The van der Waals surface area contributed by atoms with Crippen LogP contribution in [0.25, 0.3) is 11.1 Å². The largest absolute Gasteiger partial charge is 0.507 e. The summed E-state index contributed by atoms with van der Waals surface area (Å²) in [7, 11) is 0. The Kier molecular flexibility index (Phi) is 4.02. The monoisotopic (exact) mass is 294 g/mol. The van der Waals surface area contributed by atoms with Crippen LogP contribution in [-0.4, -0.2) is 10.9 Å². The molecule has 5 heteroatoms. The molecule has 0 aliphatic heterocycles. The first kappa shape index (κ1) is 15.1. The zero-order valence-electron chi connectivity index (χ0n) is 11.2. The van der Waals surface area contributed by atoms with Crippen molar-refractivity contribution in [2.24, 2.45) is 0 Å². The van der Waals surface area contributed by atoms with Gasteiger partial charge in [0.15, 0.2) is 5.78 Å². The van der Waals surface area contributed by atoms with Crippen molar-refractivity contribution in [3.05, 3.63) is 53.6 Å². The number of hydrogen-bond acceptors (Lipinski definition) is 2. The summed E-state index contributed by atoms with van der Waals surface area (Å²) in [6.07, 6.45) is -4.21. The van der Waals surface area contributed by atoms with Crippen molar-refractivity contribution in [2.75, 3.05) is 0 Å². The van der Waals surface area contributed by atoms with E-state index in [1.165, 1.54) is 30.3 Å². The lowest BCUT2D eigenvalue weighted by Gasteiger charge is -2.10. The first-order valence-corrected chi connectivity index (χ1v) is 6.36. The SMILES string of the molecule is CCC(=O)c1cc(-c2cccc(C(F)(F)F)c2)ccc1O. The number of carbonyl (C=O) groups excluding carboxylic acids is 1. The number of ketones is 1. The molecule has 110 valence electrons. The summed E-state index contributed by atoms with van der Waals surface area (Å²) < 4.78 is 38.1. The number of phenols is 1. The number of rotatable bonds is 3. The van der Waals surface area contributed by atoms with Crippen molar-refractivity contribution in [1.29, 1.82) is 0 Å². The van der Waals surface area contributed by atoms with Gasteiger partial charge in [-0.05, 0) is 35.4 Å². The van der Waals surface area contributed by atoms with Crippen molar-refractivity contribution >= 4 is 5.78 Å². The van der Waals surface area contributed by atoms with Crippen molar-refractivity contribution < 1.29 is 23.1 Å². The molecule has 0 spiro atoms. The van der Waals surface area contributed by atoms with E-state index >= 15 is 0 Å². The molecule has 2 aromatic rings. The third-order valence-corrected chi connectivity index (χ3v) is 3.14. The van der Waals surface area contributed by atoms with Gasteiger partial charge in [0, 0.05) is 6.42 Å². The summed E-state index contributed by atoms with van der Waals surface area (Å²) in [5.41, 5.74) is 0.162. The number of halogens is 3. The van der Waals surface area contributed by atoms with Gasteiger partial charge in [-0.25, -0.2) is 0 Å². The summed E-state index contributed by atoms with van der Waals surface area (Å²) in [5.74, 6) is -0.432. The zero-order valence-corrected chi connectivity index (χ0v) is 11.2. The molecule has 2 nitrogen and oxygen atoms in total. The second kappa shape index (κ2) is 5.60. The first-order valence-electron chi connectivity index (χ1n) is 6.36. The molecule has 0 aliphatic rings. The molecular formula is C16H13F3O2. The Balaban J connectivity index is 2.50. The fraction of sp³-hybridized carbons (Fsp3) is 0.188. The molecule has 1 N–H and O–H groups in total. The number of hydrogen-bond donors (Lipinski definition) is 1. The van der Waals surface area contributed by atoms with Crippen LogP contribution in [0.3, 0.4) is 0 Å². The van der Waals surface area contributed by atoms with Gasteiger partial charge < -0.3 is 5.11 Å². The summed E-state index contributed by atoms with van der Waals surface area (Å²) in [6, 6.07) is 9.06. The molecule has 0 aromatic heterocycles. The van der Waals surface area contributed by atoms with Gasteiger partial charge in [-0.15, -0.1) is 0 Å². The summed E-state index contributed by atoms with van der Waals surface area (Å²) in [6.45, 7) is 1.65. The minimum absolute atomic E-state index is 0.118. The Labute approximate surface area is 119 Å². The Morgan fingerprint density at radius 1 is 1.10 bits per heavy atom. The van der Waals surface area contributed by atoms with Gasteiger partial charge in [-0.1, -0.05) is 25.1 Å². The standard InChI is InChI=1S/C16H13F3O2/c1-2-14(20)13-9-11(6-7-15(13)21)10-4-3-5-12(8-10)16(17,18)19/h3-9,21H,2H2,1H3. The lowest BCUT2D eigenvalue weighted by Crippen LogP contribution is -2.04. The van der Waals surface area contributed by atoms with E-state index in [-0.39, 0.29) is 23.5 Å². The normalized spacial score (nSPS) is 11.4. The molecule has 0 saturated carbocycles. The molecule has 0 aliphatic carbocycles. The number of phenolic OH excluding ortho intramolecular Hbond substituents is 1. The van der Waals surface area contributed by atoms with Crippen LogP contribution in [0.1, 0.15) is 29.3 Å². The van der Waals surface area contributed by atoms with E-state index in [1.807, 2.05) is 0 Å². The van der Waals surface area contributed by atoms with E-state index in [0.29, 0.717) is 11.1 Å². The van der Waals surface area contributed by atoms with Crippen LogP contribution in [0, 0.1) is 0 Å². The Morgan fingerprint density at radius 3 is 2.38 bits per heavy atom. The van der Waals surface area contributed by atoms with E-state index in [2.05, 4.69) is 0 Å². The maximum absolute atomic E-state index is 12.7. The first-order chi connectivity index (χ1) is 9.82. The van der Waals surface area contributed by atoms with Gasteiger partial charge in [0.25, 0.3) is 0 Å². The van der Waals surface area contributed by atoms with Gasteiger partial charge in [-0.3, -0.25) is 4.79 Å². The minimum Gasteiger partial charge on any atom is -0.507 e. The Hall–Kier alpha value is -2.30. The fourth-order valence-electron chi connectivity index (χ4n) is 2.00. The second-order valence-corrected chi connectivity index (χ2v) is 4.59. The van der Waals surface area contributed by atoms with Crippen molar-refractivity contribution in [3.8, 4) is 16.9 Å². The summed E-state index contributed by atoms with van der Waals surface area (Å²) in [5, 5.41) is 9.67. The number of aromatic hydroxyl groups is 1. The molecule has 0 saturated heterocycles. The highest BCUT2D eigenvalue weighted by Gasteiger charge is 2.30. The van der Waals surface area contributed by atoms with Crippen LogP contribution in [0.5, 0.6) is 5.75 Å². The van der Waals surface area contributed by atoms with Crippen LogP contribution in [0.15, 0.2) is 42.5 Å². The average Bonchev–Trinajstić information content (AvgIpc) is 2.46. The third kappa shape index (κ3) is 3.24. The molecule has 0 radical (unpaired) electrons. The van der Waals surface area contributed by atoms with Gasteiger partial charge in [0.2, 0.25) is 0 Å². The van der Waals surface area contributed by atoms with Crippen molar-refractivity contribution in [3.63, 3.8) is 0 Å². The molecule has 0 amide bonds. The van der Waals surface area contributed by atoms with E-state index in [0.717, 1.165) is 12.1 Å². The second-order valence-electron chi connectivity index (χ2n) is 4.59. The van der Waals surface area contributed by atoms with E-state index in [9.17, 15) is 23.1 Å². The minimum atomic E-state index is -4.42. The maximum Gasteiger partial charge on any atom is 0.416 e. The lowest BCUT2D eigenvalue weighted by atomic mass is 9.98. The van der Waals surface area contributed by atoms with Crippen molar-refractivity contribution in [2.45, 2.75) is 19.5 Å². The van der Waals surface area contributed by atoms with Crippen LogP contribution in [0.4, 0.5) is 13.2 Å². The summed E-state index contributed by atoms with van der Waals surface area (Å²) in [4.78, 5) is 11.7. The average molecular weight is 294 g/mol. The molecule has 0 unspecified atom stereocenters. The Morgan fingerprint density at radius 2 is 1.76 bits per heavy atom. The predicted molar refractivity (Wildman–Crippen MR) is 73.2 cm³/mol. The van der Waals surface area contributed by atoms with Crippen LogP contribution in [0.2, 0.25) is 0 Å². The molecule has 0 heterocycles. The molecule has 2 aromatic carbocycles. The number of alkyl halides is 3. The van der Waals surface area contributed by atoms with Gasteiger partial charge in [-0.2, -0.15) is 13.2 Å². The van der Waals surface area contributed by atoms with Gasteiger partial charge in [0.05, 0.1) is 11.1 Å². The number of benzene rings is 2. The lowest BCUT2D eigenvalue weighted by molar-refractivity contribution is -0.137. The smallest absolute Gasteiger partial charge is 0.416 e. The predicted octanol–water partition coefficient (Wildman–Crippen LogP) is 4.67. The highest BCUT2D eigenvalue weighted by atomic mass is 19.4. The molecular weight excluding hydrogens is 281 g/mol. The third-order valence-electron chi connectivity index (χ3n) is 3.14. The van der Waals surface area contributed by atoms with E-state index in [4.69, 9.17) is 0 Å². The number of Topliss-reactive ketones (excluding diaryl/α,β-unsaturated/α-hetero) is 1. The van der Waals surface area contributed by atoms with Crippen LogP contribution < -0.4 is 0 Å². The quantitative estimate of drug-likeness (QED) is 0.835. The number of carbonyl (C=O) groups is 1. The Bertz CT molecular complexity index is 675. The van der Waals surface area contributed by atoms with Gasteiger partial charge >= 0.3 is 6.18 Å². The molecule has 2 rings (SSSR count). The topological polar surface area (TPSA) is 37.3 Å². The highest BCUT2D eigenvalue weighted by molar-refractivity contribution is 5.99. The van der Waals surface area contributed by atoms with Gasteiger partial charge in [0.1, 0.15) is 5.75 Å². The van der Waals surface area contributed by atoms with Crippen LogP contribution in [-0.2, 0) is 6.18 Å². The summed E-state index contributed by atoms with van der Waals surface area (Å²) >= 11 is 0. The molecule has 21 heavy (non-hydrogen) atoms. The maximum atomic E-state index is 12.7. The van der Waals surface area contributed by atoms with Crippen LogP contribution >= 0.6 is 0 Å². The fourth-order valence-corrected chi connectivity index (χ4v) is 2.00. The molecule has 0 fully saturated rings. The highest BCUT2D eigenvalue weighted by Crippen LogP contribution is 2.33. The molecule has 0 atom stereocenters.